The monoisotopic (exact) mass is 848 g/mol. The number of rotatable bonds is 18. The van der Waals surface area contributed by atoms with E-state index >= 15 is 0 Å². The number of para-hydroxylation sites is 3. The number of carbonyl (C=O) groups excluding carboxylic acids is 6. The van der Waals surface area contributed by atoms with Crippen LogP contribution >= 0.6 is 0 Å². The molecule has 3 aromatic carbocycles. The van der Waals surface area contributed by atoms with Gasteiger partial charge in [0.15, 0.2) is 0 Å². The number of carboxylic acids is 3. The number of hydrogen-bond acceptors (Lipinski definition) is 15. The predicted octanol–water partition coefficient (Wildman–Crippen LogP) is 5.79. The van der Waals surface area contributed by atoms with Gasteiger partial charge in [0.25, 0.3) is 0 Å². The molecule has 18 heteroatoms. The first-order valence-electron chi connectivity index (χ1n) is 18.2. The van der Waals surface area contributed by atoms with Crippen LogP contribution in [0.4, 0.5) is 0 Å². The van der Waals surface area contributed by atoms with Gasteiger partial charge in [-0.2, -0.15) is 0 Å². The van der Waals surface area contributed by atoms with Gasteiger partial charge in [0.05, 0.1) is 19.3 Å². The van der Waals surface area contributed by atoms with E-state index in [1.807, 2.05) is 13.8 Å². The highest BCUT2D eigenvalue weighted by molar-refractivity contribution is 5.97. The average Bonchev–Trinajstić information content (AvgIpc) is 3.21. The van der Waals surface area contributed by atoms with Crippen LogP contribution in [0.1, 0.15) is 78.0 Å². The fraction of sp³-hybridized carbons (Fsp3) is 0.233. The molecule has 0 aromatic heterocycles. The molecular weight excluding hydrogens is 804 g/mol. The van der Waals surface area contributed by atoms with Gasteiger partial charge in [-0.25, -0.2) is 43.2 Å². The van der Waals surface area contributed by atoms with Crippen LogP contribution in [0.3, 0.4) is 0 Å². The first-order valence-corrected chi connectivity index (χ1v) is 18.2. The number of carbonyl (C=O) groups is 9. The van der Waals surface area contributed by atoms with E-state index in [0.717, 1.165) is 49.3 Å². The largest absolute Gasteiger partial charge is 0.478 e. The molecule has 0 aliphatic rings. The van der Waals surface area contributed by atoms with Gasteiger partial charge in [0, 0.05) is 36.5 Å². The van der Waals surface area contributed by atoms with Crippen LogP contribution in [0.5, 0.6) is 17.2 Å². The van der Waals surface area contributed by atoms with Gasteiger partial charge in [-0.05, 0) is 63.1 Å². The molecule has 0 unspecified atom stereocenters. The van der Waals surface area contributed by atoms with Crippen LogP contribution in [-0.2, 0) is 43.0 Å². The molecule has 3 N–H and O–H groups in total. The third kappa shape index (κ3) is 22.0. The zero-order valence-electron chi connectivity index (χ0n) is 33.5. The van der Waals surface area contributed by atoms with Crippen LogP contribution in [0.2, 0.25) is 0 Å². The number of esters is 6. The van der Waals surface area contributed by atoms with E-state index in [4.69, 9.17) is 43.7 Å². The molecule has 0 heterocycles. The molecule has 0 amide bonds. The predicted molar refractivity (Wildman–Crippen MR) is 213 cm³/mol. The standard InChI is InChI=1S/C15H16O6.2C14H14O6/c1-2-3-10-20-13(16)8-9-14(17)21-12-7-5-4-6-11(12)15(18)19;1-9(2)19-12(15)7-8-13(16)20-11-6-4-3-5-10(11)14(17)18;1-2-9-19-12(15)7-8-13(16)20-11-6-4-3-5-10(11)14(17)18/h4-9H,2-3,10H2,1H3,(H,18,19);3-9H,1-2H3,(H,17,18);3-8H,2,9H2,1H3,(H,17,18)/b9-8+;2*8-7+. The lowest BCUT2D eigenvalue weighted by atomic mass is 10.2. The molecule has 0 atom stereocenters. The fourth-order valence-electron chi connectivity index (χ4n) is 3.92. The molecule has 0 aliphatic heterocycles. The highest BCUT2D eigenvalue weighted by atomic mass is 16.6. The van der Waals surface area contributed by atoms with E-state index in [9.17, 15) is 43.2 Å². The van der Waals surface area contributed by atoms with E-state index in [1.165, 1.54) is 72.8 Å². The van der Waals surface area contributed by atoms with Crippen molar-refractivity contribution in [3.05, 3.63) is 126 Å². The lowest BCUT2D eigenvalue weighted by Crippen LogP contribution is -2.11. The first-order chi connectivity index (χ1) is 29.0. The molecule has 18 nitrogen and oxygen atoms in total. The maximum atomic E-state index is 11.5. The Morgan fingerprint density at radius 2 is 0.770 bits per heavy atom. The number of benzene rings is 3. The summed E-state index contributed by atoms with van der Waals surface area (Å²) in [6, 6.07) is 17.1. The summed E-state index contributed by atoms with van der Waals surface area (Å²) in [6.45, 7) is 7.70. The van der Waals surface area contributed by atoms with Crippen molar-refractivity contribution in [3.8, 4) is 17.2 Å². The fourth-order valence-corrected chi connectivity index (χ4v) is 3.92. The van der Waals surface area contributed by atoms with Crippen LogP contribution < -0.4 is 14.2 Å². The van der Waals surface area contributed by atoms with Crippen molar-refractivity contribution >= 4 is 53.7 Å². The van der Waals surface area contributed by atoms with Crippen LogP contribution in [0.25, 0.3) is 0 Å². The van der Waals surface area contributed by atoms with Gasteiger partial charge in [0.2, 0.25) is 0 Å². The maximum Gasteiger partial charge on any atom is 0.339 e. The molecule has 0 bridgehead atoms. The number of aromatic carboxylic acids is 3. The Morgan fingerprint density at radius 1 is 0.459 bits per heavy atom. The Labute approximate surface area is 349 Å². The second-order valence-electron chi connectivity index (χ2n) is 11.8. The van der Waals surface area contributed by atoms with Crippen LogP contribution in [0.15, 0.2) is 109 Å². The SMILES string of the molecule is CC(C)OC(=O)/C=C/C(=O)Oc1ccccc1C(=O)O.CCCCOC(=O)/C=C/C(=O)Oc1ccccc1C(=O)O.CCCOC(=O)/C=C/C(=O)Oc1ccccc1C(=O)O. The van der Waals surface area contributed by atoms with Crippen LogP contribution in [-0.4, -0.2) is 88.4 Å². The third-order valence-electron chi connectivity index (χ3n) is 6.59. The third-order valence-corrected chi connectivity index (χ3v) is 6.59. The summed E-state index contributed by atoms with van der Waals surface area (Å²) >= 11 is 0. The number of carboxylic acid groups (broad SMARTS) is 3. The van der Waals surface area contributed by atoms with Gasteiger partial charge in [0.1, 0.15) is 33.9 Å². The average molecular weight is 849 g/mol. The highest BCUT2D eigenvalue weighted by Gasteiger charge is 2.15. The maximum absolute atomic E-state index is 11.5. The molecule has 0 fully saturated rings. The number of hydrogen-bond donors (Lipinski definition) is 3. The van der Waals surface area contributed by atoms with Gasteiger partial charge >= 0.3 is 53.7 Å². The summed E-state index contributed by atoms with van der Waals surface area (Å²) in [6.07, 6.45) is 7.48. The second-order valence-corrected chi connectivity index (χ2v) is 11.8. The van der Waals surface area contributed by atoms with Crippen molar-refractivity contribution in [2.24, 2.45) is 0 Å². The summed E-state index contributed by atoms with van der Waals surface area (Å²) in [5, 5.41) is 26.8. The molecule has 0 spiro atoms. The number of unbranched alkanes of at least 4 members (excludes halogenated alkanes) is 1. The Morgan fingerprint density at radius 3 is 1.08 bits per heavy atom. The molecule has 3 aromatic rings. The summed E-state index contributed by atoms with van der Waals surface area (Å²) in [5.41, 5.74) is -0.411. The summed E-state index contributed by atoms with van der Waals surface area (Å²) in [5.74, 6) is -8.44. The van der Waals surface area contributed by atoms with Crippen molar-refractivity contribution < 1.29 is 86.9 Å². The molecular formula is C43H44O18. The first kappa shape index (κ1) is 51.1. The highest BCUT2D eigenvalue weighted by Crippen LogP contribution is 2.20. The quantitative estimate of drug-likeness (QED) is 0.0449. The minimum Gasteiger partial charge on any atom is -0.478 e. The Bertz CT molecular complexity index is 2090. The van der Waals surface area contributed by atoms with Gasteiger partial charge in [-0.1, -0.05) is 56.7 Å². The van der Waals surface area contributed by atoms with Gasteiger partial charge in [-0.3, -0.25) is 0 Å². The summed E-state index contributed by atoms with van der Waals surface area (Å²) < 4.78 is 28.9. The van der Waals surface area contributed by atoms with Crippen molar-refractivity contribution in [2.75, 3.05) is 13.2 Å². The molecule has 0 saturated heterocycles. The lowest BCUT2D eigenvalue weighted by Gasteiger charge is -2.05. The van der Waals surface area contributed by atoms with E-state index in [-0.39, 0.29) is 53.3 Å². The van der Waals surface area contributed by atoms with E-state index in [0.29, 0.717) is 6.42 Å². The number of ether oxygens (including phenoxy) is 6. The molecule has 324 valence electrons. The minimum atomic E-state index is -1.21. The summed E-state index contributed by atoms with van der Waals surface area (Å²) in [4.78, 5) is 101. The molecule has 0 saturated carbocycles. The zero-order chi connectivity index (χ0) is 45.7. The normalized spacial score (nSPS) is 10.4. The Hall–Kier alpha value is -7.89. The molecule has 0 aliphatic carbocycles. The van der Waals surface area contributed by atoms with Crippen molar-refractivity contribution in [1.82, 2.24) is 0 Å². The van der Waals surface area contributed by atoms with E-state index in [2.05, 4.69) is 0 Å². The van der Waals surface area contributed by atoms with E-state index < -0.39 is 53.7 Å². The second kappa shape index (κ2) is 28.5. The Balaban J connectivity index is 0.000000458. The van der Waals surface area contributed by atoms with Crippen LogP contribution in [0, 0.1) is 0 Å². The van der Waals surface area contributed by atoms with Crippen molar-refractivity contribution in [1.29, 1.82) is 0 Å². The molecule has 3 rings (SSSR count). The minimum absolute atomic E-state index is 0.0843. The van der Waals surface area contributed by atoms with Gasteiger partial charge in [-0.15, -0.1) is 0 Å². The smallest absolute Gasteiger partial charge is 0.339 e. The van der Waals surface area contributed by atoms with Gasteiger partial charge < -0.3 is 43.7 Å². The summed E-state index contributed by atoms with van der Waals surface area (Å²) in [7, 11) is 0. The lowest BCUT2D eigenvalue weighted by molar-refractivity contribution is -0.142. The van der Waals surface area contributed by atoms with Crippen molar-refractivity contribution in [3.63, 3.8) is 0 Å². The zero-order valence-corrected chi connectivity index (χ0v) is 33.5. The molecule has 0 radical (unpaired) electrons. The van der Waals surface area contributed by atoms with E-state index in [1.54, 1.807) is 13.8 Å². The van der Waals surface area contributed by atoms with Crippen molar-refractivity contribution in [2.45, 2.75) is 53.1 Å². The topological polar surface area (TPSA) is 270 Å². The Kier molecular flexibility index (Phi) is 23.9. The molecule has 61 heavy (non-hydrogen) atoms.